The van der Waals surface area contributed by atoms with E-state index in [-0.39, 0.29) is 0 Å². The van der Waals surface area contributed by atoms with Gasteiger partial charge in [-0.15, -0.1) is 0 Å². The number of aromatic nitrogens is 1. The van der Waals surface area contributed by atoms with E-state index in [9.17, 15) is 0 Å². The molecule has 0 radical (unpaired) electrons. The van der Waals surface area contributed by atoms with E-state index in [0.29, 0.717) is 6.04 Å². The van der Waals surface area contributed by atoms with E-state index < -0.39 is 0 Å². The van der Waals surface area contributed by atoms with Crippen LogP contribution in [-0.2, 0) is 12.8 Å². The summed E-state index contributed by atoms with van der Waals surface area (Å²) in [6, 6.07) is 20.1. The monoisotopic (exact) mass is 291 g/mol. The zero-order valence-electron chi connectivity index (χ0n) is 12.9. The van der Waals surface area contributed by atoms with Gasteiger partial charge in [0.05, 0.1) is 12.2 Å². The van der Waals surface area contributed by atoms with Gasteiger partial charge in [-0.05, 0) is 30.0 Å². The van der Waals surface area contributed by atoms with Crippen molar-refractivity contribution < 1.29 is 5.32 Å². The van der Waals surface area contributed by atoms with Gasteiger partial charge in [-0.25, -0.2) is 0 Å². The predicted molar refractivity (Wildman–Crippen MR) is 90.9 cm³/mol. The number of nitrogens with two attached hydrogens (primary N) is 1. The number of rotatable bonds is 4. The standard InChI is InChI=1S/C20H22N2/c1-2-7-15(8-3-1)13-14-21-19-12-6-10-17-16-9-4-5-11-18(16)22-20(17)19/h1-5,7-9,11,19,21-22H,6,10,12-14H2/p+1/t19-/m1/s1. The second-order valence-corrected chi connectivity index (χ2v) is 6.32. The molecular formula is C20H23N2+. The Balaban J connectivity index is 1.50. The fourth-order valence-corrected chi connectivity index (χ4v) is 3.78. The first-order valence-corrected chi connectivity index (χ1v) is 8.38. The van der Waals surface area contributed by atoms with Gasteiger partial charge < -0.3 is 10.3 Å². The Morgan fingerprint density at radius 2 is 1.82 bits per heavy atom. The van der Waals surface area contributed by atoms with Crippen molar-refractivity contribution in [2.24, 2.45) is 0 Å². The van der Waals surface area contributed by atoms with Gasteiger partial charge in [-0.1, -0.05) is 48.5 Å². The third-order valence-corrected chi connectivity index (χ3v) is 4.89. The van der Waals surface area contributed by atoms with E-state index in [1.165, 1.54) is 41.4 Å². The zero-order chi connectivity index (χ0) is 14.8. The lowest BCUT2D eigenvalue weighted by Gasteiger charge is -2.21. The van der Waals surface area contributed by atoms with Crippen LogP contribution < -0.4 is 5.32 Å². The number of benzene rings is 2. The fraction of sp³-hybridized carbons (Fsp3) is 0.300. The molecule has 1 aliphatic rings. The summed E-state index contributed by atoms with van der Waals surface area (Å²) in [6.45, 7) is 1.16. The second-order valence-electron chi connectivity index (χ2n) is 6.32. The minimum absolute atomic E-state index is 0.597. The van der Waals surface area contributed by atoms with Crippen molar-refractivity contribution in [3.63, 3.8) is 0 Å². The van der Waals surface area contributed by atoms with Crippen LogP contribution in [0.5, 0.6) is 0 Å². The van der Waals surface area contributed by atoms with Crippen molar-refractivity contribution in [1.82, 2.24) is 4.98 Å². The molecule has 0 unspecified atom stereocenters. The molecule has 1 aromatic heterocycles. The van der Waals surface area contributed by atoms with Crippen molar-refractivity contribution >= 4 is 10.9 Å². The average Bonchev–Trinajstić information content (AvgIpc) is 2.96. The highest BCUT2D eigenvalue weighted by Crippen LogP contribution is 2.32. The van der Waals surface area contributed by atoms with Gasteiger partial charge in [-0.3, -0.25) is 0 Å². The van der Waals surface area contributed by atoms with Crippen LogP contribution in [0.15, 0.2) is 54.6 Å². The van der Waals surface area contributed by atoms with Crippen LogP contribution in [-0.4, -0.2) is 11.5 Å². The molecule has 0 bridgehead atoms. The number of para-hydroxylation sites is 1. The first kappa shape index (κ1) is 13.6. The van der Waals surface area contributed by atoms with E-state index in [1.54, 1.807) is 5.56 Å². The molecule has 2 aromatic carbocycles. The van der Waals surface area contributed by atoms with Gasteiger partial charge in [0, 0.05) is 23.7 Å². The van der Waals surface area contributed by atoms with Crippen molar-refractivity contribution in [2.75, 3.05) is 6.54 Å². The van der Waals surface area contributed by atoms with Crippen LogP contribution in [0.3, 0.4) is 0 Å². The normalized spacial score (nSPS) is 17.5. The average molecular weight is 291 g/mol. The summed E-state index contributed by atoms with van der Waals surface area (Å²) in [5.74, 6) is 0. The van der Waals surface area contributed by atoms with Crippen molar-refractivity contribution in [3.8, 4) is 0 Å². The van der Waals surface area contributed by atoms with Gasteiger partial charge in [0.1, 0.15) is 6.04 Å². The minimum atomic E-state index is 0.597. The lowest BCUT2D eigenvalue weighted by atomic mass is 9.91. The maximum Gasteiger partial charge on any atom is 0.127 e. The van der Waals surface area contributed by atoms with Crippen molar-refractivity contribution in [2.45, 2.75) is 31.7 Å². The third-order valence-electron chi connectivity index (χ3n) is 4.89. The number of nitrogens with one attached hydrogen (secondary N) is 1. The molecule has 0 spiro atoms. The van der Waals surface area contributed by atoms with Crippen molar-refractivity contribution in [3.05, 3.63) is 71.4 Å². The molecule has 2 heteroatoms. The Hall–Kier alpha value is -2.06. The van der Waals surface area contributed by atoms with E-state index in [4.69, 9.17) is 0 Å². The van der Waals surface area contributed by atoms with Gasteiger partial charge in [-0.2, -0.15) is 0 Å². The maximum atomic E-state index is 3.68. The molecule has 112 valence electrons. The molecule has 0 saturated carbocycles. The summed E-state index contributed by atoms with van der Waals surface area (Å²) in [5.41, 5.74) is 5.77. The van der Waals surface area contributed by atoms with E-state index in [0.717, 1.165) is 13.0 Å². The largest absolute Gasteiger partial charge is 0.353 e. The third kappa shape index (κ3) is 2.55. The predicted octanol–water partition coefficient (Wildman–Crippen LogP) is 3.35. The lowest BCUT2D eigenvalue weighted by molar-refractivity contribution is -0.697. The molecule has 3 aromatic rings. The molecule has 1 heterocycles. The highest BCUT2D eigenvalue weighted by Gasteiger charge is 2.26. The minimum Gasteiger partial charge on any atom is -0.353 e. The van der Waals surface area contributed by atoms with Crippen LogP contribution in [0.25, 0.3) is 10.9 Å². The molecule has 0 aliphatic heterocycles. The molecule has 3 N–H and O–H groups in total. The molecule has 0 fully saturated rings. The topological polar surface area (TPSA) is 32.4 Å². The quantitative estimate of drug-likeness (QED) is 0.739. The van der Waals surface area contributed by atoms with Crippen LogP contribution in [0.2, 0.25) is 0 Å². The molecule has 2 nitrogen and oxygen atoms in total. The molecule has 1 atom stereocenters. The summed E-state index contributed by atoms with van der Waals surface area (Å²) in [6.07, 6.45) is 4.96. The van der Waals surface area contributed by atoms with Gasteiger partial charge >= 0.3 is 0 Å². The van der Waals surface area contributed by atoms with Crippen molar-refractivity contribution in [1.29, 1.82) is 0 Å². The Morgan fingerprint density at radius 3 is 2.73 bits per heavy atom. The zero-order valence-corrected chi connectivity index (χ0v) is 12.9. The SMILES string of the molecule is c1ccc(CC[NH2+][C@@H]2CCCc3c2[nH]c2ccccc32)cc1. The summed E-state index contributed by atoms with van der Waals surface area (Å²) < 4.78 is 0. The number of H-pyrrole nitrogens is 1. The summed E-state index contributed by atoms with van der Waals surface area (Å²) in [5, 5.41) is 3.96. The molecule has 1 aliphatic carbocycles. The van der Waals surface area contributed by atoms with E-state index in [2.05, 4.69) is 64.9 Å². The summed E-state index contributed by atoms with van der Waals surface area (Å²) in [7, 11) is 0. The number of aromatic amines is 1. The Morgan fingerprint density at radius 1 is 1.00 bits per heavy atom. The lowest BCUT2D eigenvalue weighted by Crippen LogP contribution is -2.86. The molecular weight excluding hydrogens is 268 g/mol. The number of fused-ring (bicyclic) bond motifs is 3. The number of quaternary nitrogens is 1. The van der Waals surface area contributed by atoms with Gasteiger partial charge in [0.2, 0.25) is 0 Å². The Kier molecular flexibility index (Phi) is 3.69. The smallest absolute Gasteiger partial charge is 0.127 e. The van der Waals surface area contributed by atoms with Gasteiger partial charge in [0.15, 0.2) is 0 Å². The fourth-order valence-electron chi connectivity index (χ4n) is 3.78. The first-order valence-electron chi connectivity index (χ1n) is 8.38. The van der Waals surface area contributed by atoms with Crippen LogP contribution in [0.1, 0.15) is 35.7 Å². The highest BCUT2D eigenvalue weighted by molar-refractivity contribution is 5.84. The second kappa shape index (κ2) is 5.98. The van der Waals surface area contributed by atoms with Gasteiger partial charge in [0.25, 0.3) is 0 Å². The molecule has 4 rings (SSSR count). The summed E-state index contributed by atoms with van der Waals surface area (Å²) in [4.78, 5) is 3.68. The number of aryl methyl sites for hydroxylation is 1. The molecule has 22 heavy (non-hydrogen) atoms. The number of hydrogen-bond donors (Lipinski definition) is 2. The first-order chi connectivity index (χ1) is 10.9. The molecule has 0 saturated heterocycles. The maximum absolute atomic E-state index is 3.68. The van der Waals surface area contributed by atoms with Crippen LogP contribution in [0.4, 0.5) is 0 Å². The van der Waals surface area contributed by atoms with Crippen LogP contribution >= 0.6 is 0 Å². The van der Waals surface area contributed by atoms with Crippen LogP contribution in [0, 0.1) is 0 Å². The van der Waals surface area contributed by atoms with E-state index in [1.807, 2.05) is 0 Å². The highest BCUT2D eigenvalue weighted by atomic mass is 14.9. The Bertz CT molecular complexity index is 758. The Labute approximate surface area is 131 Å². The summed E-state index contributed by atoms with van der Waals surface area (Å²) >= 11 is 0. The molecule has 0 amide bonds. The number of hydrogen-bond acceptors (Lipinski definition) is 0. The van der Waals surface area contributed by atoms with E-state index >= 15 is 0 Å².